The molecule has 0 amide bonds. The zero-order valence-electron chi connectivity index (χ0n) is 12.0. The summed E-state index contributed by atoms with van der Waals surface area (Å²) in [6, 6.07) is 6.98. The number of nitrogens with zero attached hydrogens (tertiary/aromatic N) is 3. The van der Waals surface area contributed by atoms with E-state index in [1.165, 1.54) is 6.07 Å². The molecular formula is C16H18FN3O. The fourth-order valence-corrected chi connectivity index (χ4v) is 2.53. The maximum absolute atomic E-state index is 13.4. The van der Waals surface area contributed by atoms with Crippen LogP contribution in [-0.2, 0) is 11.3 Å². The summed E-state index contributed by atoms with van der Waals surface area (Å²) < 4.78 is 19.2. The normalized spacial score (nSPS) is 19.6. The molecule has 5 heteroatoms. The molecule has 0 unspecified atom stereocenters. The standard InChI is InChI=1S/C16H18FN3O/c1-12-9-13(3-4-14(12)17)15-10-20(7-8-21-15)11-16-18-5-2-6-19-16/h2-6,9,15H,7-8,10-11H2,1H3/t15-/m0/s1. The number of aryl methyl sites for hydroxylation is 1. The molecule has 0 N–H and O–H groups in total. The molecular weight excluding hydrogens is 269 g/mol. The van der Waals surface area contributed by atoms with Gasteiger partial charge in [0.15, 0.2) is 0 Å². The van der Waals surface area contributed by atoms with Crippen molar-refractivity contribution in [3.8, 4) is 0 Å². The van der Waals surface area contributed by atoms with Crippen LogP contribution in [0.2, 0.25) is 0 Å². The molecule has 0 aliphatic carbocycles. The van der Waals surface area contributed by atoms with E-state index in [-0.39, 0.29) is 11.9 Å². The molecule has 0 spiro atoms. The van der Waals surface area contributed by atoms with Gasteiger partial charge in [0.1, 0.15) is 11.6 Å². The van der Waals surface area contributed by atoms with E-state index in [0.717, 1.165) is 24.5 Å². The molecule has 0 saturated carbocycles. The first-order valence-electron chi connectivity index (χ1n) is 7.08. The Bertz CT molecular complexity index is 606. The van der Waals surface area contributed by atoms with Crippen LogP contribution >= 0.6 is 0 Å². The number of hydrogen-bond acceptors (Lipinski definition) is 4. The zero-order valence-corrected chi connectivity index (χ0v) is 12.0. The van der Waals surface area contributed by atoms with Crippen molar-refractivity contribution in [3.05, 3.63) is 59.4 Å². The lowest BCUT2D eigenvalue weighted by molar-refractivity contribution is -0.0337. The second-order valence-corrected chi connectivity index (χ2v) is 5.27. The molecule has 1 aliphatic heterocycles. The predicted molar refractivity (Wildman–Crippen MR) is 77.1 cm³/mol. The Kier molecular flexibility index (Phi) is 4.22. The Labute approximate surface area is 123 Å². The molecule has 0 radical (unpaired) electrons. The molecule has 1 atom stereocenters. The van der Waals surface area contributed by atoms with Crippen molar-refractivity contribution in [2.24, 2.45) is 0 Å². The van der Waals surface area contributed by atoms with Gasteiger partial charge in [-0.2, -0.15) is 0 Å². The van der Waals surface area contributed by atoms with Crippen molar-refractivity contribution >= 4 is 0 Å². The minimum atomic E-state index is -0.177. The Morgan fingerprint density at radius 2 is 2.14 bits per heavy atom. The van der Waals surface area contributed by atoms with Gasteiger partial charge >= 0.3 is 0 Å². The van der Waals surface area contributed by atoms with E-state index in [1.54, 1.807) is 25.4 Å². The molecule has 2 aromatic rings. The summed E-state index contributed by atoms with van der Waals surface area (Å²) in [5, 5.41) is 0. The third-order valence-electron chi connectivity index (χ3n) is 3.69. The predicted octanol–water partition coefficient (Wildman–Crippen LogP) is 2.50. The maximum Gasteiger partial charge on any atom is 0.142 e. The van der Waals surface area contributed by atoms with Crippen molar-refractivity contribution in [1.29, 1.82) is 0 Å². The highest BCUT2D eigenvalue weighted by Gasteiger charge is 2.23. The van der Waals surface area contributed by atoms with E-state index < -0.39 is 0 Å². The van der Waals surface area contributed by atoms with Crippen LogP contribution in [-0.4, -0.2) is 34.6 Å². The minimum Gasteiger partial charge on any atom is -0.371 e. The van der Waals surface area contributed by atoms with Crippen LogP contribution in [0.1, 0.15) is 23.1 Å². The number of ether oxygens (including phenoxy) is 1. The van der Waals surface area contributed by atoms with E-state index >= 15 is 0 Å². The highest BCUT2D eigenvalue weighted by molar-refractivity contribution is 5.26. The van der Waals surface area contributed by atoms with Crippen molar-refractivity contribution in [1.82, 2.24) is 14.9 Å². The average Bonchev–Trinajstić information content (AvgIpc) is 2.51. The molecule has 110 valence electrons. The summed E-state index contributed by atoms with van der Waals surface area (Å²) in [6.07, 6.45) is 3.48. The van der Waals surface area contributed by atoms with Gasteiger partial charge in [-0.1, -0.05) is 12.1 Å². The maximum atomic E-state index is 13.4. The fraction of sp³-hybridized carbons (Fsp3) is 0.375. The number of rotatable bonds is 3. The third-order valence-corrected chi connectivity index (χ3v) is 3.69. The van der Waals surface area contributed by atoms with Crippen molar-refractivity contribution < 1.29 is 9.13 Å². The lowest BCUT2D eigenvalue weighted by Gasteiger charge is -2.32. The molecule has 0 bridgehead atoms. The summed E-state index contributed by atoms with van der Waals surface area (Å²) in [4.78, 5) is 10.8. The van der Waals surface area contributed by atoms with Gasteiger partial charge < -0.3 is 4.74 Å². The smallest absolute Gasteiger partial charge is 0.142 e. The number of aromatic nitrogens is 2. The number of morpholine rings is 1. The van der Waals surface area contributed by atoms with E-state index in [0.29, 0.717) is 18.7 Å². The molecule has 21 heavy (non-hydrogen) atoms. The van der Waals surface area contributed by atoms with Crippen LogP contribution in [0.3, 0.4) is 0 Å². The van der Waals surface area contributed by atoms with Crippen LogP contribution in [0.5, 0.6) is 0 Å². The first kappa shape index (κ1) is 14.1. The molecule has 4 nitrogen and oxygen atoms in total. The summed E-state index contributed by atoms with van der Waals surface area (Å²) in [5.74, 6) is 0.637. The molecule has 1 fully saturated rings. The third kappa shape index (κ3) is 3.43. The van der Waals surface area contributed by atoms with E-state index in [4.69, 9.17) is 4.74 Å². The number of halogens is 1. The molecule has 1 saturated heterocycles. The van der Waals surface area contributed by atoms with Crippen LogP contribution < -0.4 is 0 Å². The molecule has 2 heterocycles. The number of hydrogen-bond donors (Lipinski definition) is 0. The zero-order chi connectivity index (χ0) is 14.7. The topological polar surface area (TPSA) is 38.2 Å². The number of benzene rings is 1. The largest absolute Gasteiger partial charge is 0.371 e. The van der Waals surface area contributed by atoms with Gasteiger partial charge in [0.2, 0.25) is 0 Å². The lowest BCUT2D eigenvalue weighted by atomic mass is 10.0. The van der Waals surface area contributed by atoms with Crippen molar-refractivity contribution in [3.63, 3.8) is 0 Å². The van der Waals surface area contributed by atoms with Crippen molar-refractivity contribution in [2.45, 2.75) is 19.6 Å². The summed E-state index contributed by atoms with van der Waals surface area (Å²) in [5.41, 5.74) is 1.67. The Hall–Kier alpha value is -1.85. The first-order chi connectivity index (χ1) is 10.2. The summed E-state index contributed by atoms with van der Waals surface area (Å²) >= 11 is 0. The Morgan fingerprint density at radius 3 is 2.90 bits per heavy atom. The lowest BCUT2D eigenvalue weighted by Crippen LogP contribution is -2.38. The van der Waals surface area contributed by atoms with Crippen LogP contribution in [0, 0.1) is 12.7 Å². The summed E-state index contributed by atoms with van der Waals surface area (Å²) in [6.45, 7) is 4.77. The molecule has 1 aliphatic rings. The second kappa shape index (κ2) is 6.28. The highest BCUT2D eigenvalue weighted by Crippen LogP contribution is 2.24. The van der Waals surface area contributed by atoms with Gasteiger partial charge in [-0.3, -0.25) is 4.90 Å². The van der Waals surface area contributed by atoms with Crippen LogP contribution in [0.15, 0.2) is 36.7 Å². The van der Waals surface area contributed by atoms with Crippen LogP contribution in [0.4, 0.5) is 4.39 Å². The van der Waals surface area contributed by atoms with E-state index in [2.05, 4.69) is 14.9 Å². The van der Waals surface area contributed by atoms with E-state index in [9.17, 15) is 4.39 Å². The first-order valence-corrected chi connectivity index (χ1v) is 7.08. The second-order valence-electron chi connectivity index (χ2n) is 5.27. The summed E-state index contributed by atoms with van der Waals surface area (Å²) in [7, 11) is 0. The van der Waals surface area contributed by atoms with Crippen molar-refractivity contribution in [2.75, 3.05) is 19.7 Å². The van der Waals surface area contributed by atoms with Gasteiger partial charge in [0, 0.05) is 25.5 Å². The monoisotopic (exact) mass is 287 g/mol. The van der Waals surface area contributed by atoms with Gasteiger partial charge in [0.25, 0.3) is 0 Å². The molecule has 1 aromatic heterocycles. The average molecular weight is 287 g/mol. The van der Waals surface area contributed by atoms with Gasteiger partial charge in [0.05, 0.1) is 19.3 Å². The van der Waals surface area contributed by atoms with Gasteiger partial charge in [-0.15, -0.1) is 0 Å². The SMILES string of the molecule is Cc1cc([C@@H]2CN(Cc3ncccn3)CCO2)ccc1F. The van der Waals surface area contributed by atoms with Gasteiger partial charge in [-0.05, 0) is 30.2 Å². The Balaban J connectivity index is 1.69. The molecule has 1 aromatic carbocycles. The highest BCUT2D eigenvalue weighted by atomic mass is 19.1. The quantitative estimate of drug-likeness (QED) is 0.869. The van der Waals surface area contributed by atoms with Crippen LogP contribution in [0.25, 0.3) is 0 Å². The van der Waals surface area contributed by atoms with E-state index in [1.807, 2.05) is 12.1 Å². The van der Waals surface area contributed by atoms with Gasteiger partial charge in [-0.25, -0.2) is 14.4 Å². The Morgan fingerprint density at radius 1 is 1.33 bits per heavy atom. The minimum absolute atomic E-state index is 0.0261. The fourth-order valence-electron chi connectivity index (χ4n) is 2.53. The molecule has 3 rings (SSSR count).